The molecule has 1 saturated heterocycles. The molecule has 1 aliphatic heterocycles. The van der Waals surface area contributed by atoms with Crippen LogP contribution in [0.5, 0.6) is 0 Å². The average Bonchev–Trinajstić information content (AvgIpc) is 2.85. The summed E-state index contributed by atoms with van der Waals surface area (Å²) in [6, 6.07) is 0.639. The summed E-state index contributed by atoms with van der Waals surface area (Å²) in [5.41, 5.74) is 0.701. The highest BCUT2D eigenvalue weighted by Crippen LogP contribution is 2.17. The Morgan fingerprint density at radius 1 is 1.58 bits per heavy atom. The van der Waals surface area contributed by atoms with Crippen molar-refractivity contribution in [3.05, 3.63) is 23.8 Å². The second kappa shape index (κ2) is 5.64. The van der Waals surface area contributed by atoms with Gasteiger partial charge in [0.1, 0.15) is 11.9 Å². The summed E-state index contributed by atoms with van der Waals surface area (Å²) in [6.07, 6.45) is 2.85. The first-order chi connectivity index (χ1) is 9.08. The second-order valence-corrected chi connectivity index (χ2v) is 4.44. The van der Waals surface area contributed by atoms with Crippen molar-refractivity contribution in [2.45, 2.75) is 32.4 Å². The number of carbonyl (C=O) groups is 2. The Morgan fingerprint density at radius 2 is 2.37 bits per heavy atom. The summed E-state index contributed by atoms with van der Waals surface area (Å²) >= 11 is 0. The molecule has 7 heteroatoms. The first kappa shape index (κ1) is 13.3. The molecule has 2 N–H and O–H groups in total. The van der Waals surface area contributed by atoms with E-state index < -0.39 is 12.0 Å². The maximum Gasteiger partial charge on any atom is 0.326 e. The van der Waals surface area contributed by atoms with Gasteiger partial charge in [-0.2, -0.15) is 0 Å². The van der Waals surface area contributed by atoms with Crippen LogP contribution >= 0.6 is 0 Å². The number of rotatable bonds is 3. The molecule has 2 rings (SSSR count). The molecule has 1 aromatic heterocycles. The van der Waals surface area contributed by atoms with Gasteiger partial charge in [-0.25, -0.2) is 19.6 Å². The van der Waals surface area contributed by atoms with Gasteiger partial charge in [-0.15, -0.1) is 0 Å². The number of nitrogens with zero attached hydrogens (tertiary/aromatic N) is 3. The number of amides is 2. The molecule has 0 unspecified atom stereocenters. The zero-order valence-corrected chi connectivity index (χ0v) is 10.7. The van der Waals surface area contributed by atoms with E-state index in [4.69, 9.17) is 5.11 Å². The van der Waals surface area contributed by atoms with E-state index in [0.717, 1.165) is 6.42 Å². The van der Waals surface area contributed by atoms with E-state index in [0.29, 0.717) is 24.5 Å². The second-order valence-electron chi connectivity index (χ2n) is 4.44. The zero-order valence-electron chi connectivity index (χ0n) is 10.7. The number of carbonyl (C=O) groups excluding carboxylic acids is 1. The molecular weight excluding hydrogens is 248 g/mol. The molecule has 1 fully saturated rings. The van der Waals surface area contributed by atoms with Gasteiger partial charge in [0.25, 0.3) is 0 Å². The molecule has 0 saturated carbocycles. The SMILES string of the molecule is Cc1nccc(CNC(=O)N2CCC[C@H]2C(=O)O)n1. The molecular formula is C12H16N4O3. The Hall–Kier alpha value is -2.18. The third kappa shape index (κ3) is 3.18. The number of carboxylic acid groups (broad SMARTS) is 1. The molecule has 0 spiro atoms. The van der Waals surface area contributed by atoms with Crippen molar-refractivity contribution >= 4 is 12.0 Å². The van der Waals surface area contributed by atoms with Crippen molar-refractivity contribution in [2.24, 2.45) is 0 Å². The molecule has 1 aliphatic rings. The quantitative estimate of drug-likeness (QED) is 0.831. The molecule has 0 aliphatic carbocycles. The van der Waals surface area contributed by atoms with Gasteiger partial charge in [0, 0.05) is 12.7 Å². The van der Waals surface area contributed by atoms with Crippen LogP contribution < -0.4 is 5.32 Å². The highest BCUT2D eigenvalue weighted by atomic mass is 16.4. The number of nitrogens with one attached hydrogen (secondary N) is 1. The zero-order chi connectivity index (χ0) is 13.8. The molecule has 0 radical (unpaired) electrons. The number of hydrogen-bond donors (Lipinski definition) is 2. The third-order valence-corrected chi connectivity index (χ3v) is 3.05. The molecule has 0 aromatic carbocycles. The Balaban J connectivity index is 1.92. The minimum atomic E-state index is -0.953. The van der Waals surface area contributed by atoms with Gasteiger partial charge in [-0.05, 0) is 25.8 Å². The topological polar surface area (TPSA) is 95.4 Å². The molecule has 7 nitrogen and oxygen atoms in total. The first-order valence-corrected chi connectivity index (χ1v) is 6.13. The molecule has 19 heavy (non-hydrogen) atoms. The van der Waals surface area contributed by atoms with Crippen molar-refractivity contribution in [2.75, 3.05) is 6.54 Å². The van der Waals surface area contributed by atoms with Crippen LogP contribution in [0.25, 0.3) is 0 Å². The predicted octanol–water partition coefficient (Wildman–Crippen LogP) is 0.544. The Morgan fingerprint density at radius 3 is 3.05 bits per heavy atom. The summed E-state index contributed by atoms with van der Waals surface area (Å²) in [7, 11) is 0. The van der Waals surface area contributed by atoms with Gasteiger partial charge < -0.3 is 15.3 Å². The smallest absolute Gasteiger partial charge is 0.326 e. The number of aromatic nitrogens is 2. The van der Waals surface area contributed by atoms with Crippen LogP contribution in [0.1, 0.15) is 24.4 Å². The minimum absolute atomic E-state index is 0.269. The lowest BCUT2D eigenvalue weighted by atomic mass is 10.2. The fraction of sp³-hybridized carbons (Fsp3) is 0.500. The number of carboxylic acids is 1. The maximum absolute atomic E-state index is 11.9. The monoisotopic (exact) mass is 264 g/mol. The summed E-state index contributed by atoms with van der Waals surface area (Å²) < 4.78 is 0. The predicted molar refractivity (Wildman–Crippen MR) is 66.4 cm³/mol. The molecule has 102 valence electrons. The van der Waals surface area contributed by atoms with Crippen molar-refractivity contribution in [3.63, 3.8) is 0 Å². The van der Waals surface area contributed by atoms with Crippen molar-refractivity contribution in [3.8, 4) is 0 Å². The lowest BCUT2D eigenvalue weighted by Gasteiger charge is -2.21. The van der Waals surface area contributed by atoms with E-state index >= 15 is 0 Å². The van der Waals surface area contributed by atoms with Gasteiger partial charge in [0.05, 0.1) is 12.2 Å². The normalized spacial score (nSPS) is 18.4. The summed E-state index contributed by atoms with van der Waals surface area (Å²) in [4.78, 5) is 32.4. The van der Waals surface area contributed by atoms with E-state index in [-0.39, 0.29) is 12.6 Å². The van der Waals surface area contributed by atoms with E-state index in [9.17, 15) is 9.59 Å². The lowest BCUT2D eigenvalue weighted by Crippen LogP contribution is -2.45. The van der Waals surface area contributed by atoms with Crippen molar-refractivity contribution in [1.29, 1.82) is 0 Å². The van der Waals surface area contributed by atoms with E-state index in [1.165, 1.54) is 4.90 Å². The number of aryl methyl sites for hydroxylation is 1. The number of aliphatic carboxylic acids is 1. The summed E-state index contributed by atoms with van der Waals surface area (Å²) in [5.74, 6) is -0.318. The average molecular weight is 264 g/mol. The first-order valence-electron chi connectivity index (χ1n) is 6.13. The van der Waals surface area contributed by atoms with Gasteiger partial charge in [-0.1, -0.05) is 0 Å². The highest BCUT2D eigenvalue weighted by Gasteiger charge is 2.33. The van der Waals surface area contributed by atoms with Crippen LogP contribution in [0.4, 0.5) is 4.79 Å². The fourth-order valence-corrected chi connectivity index (χ4v) is 2.14. The van der Waals surface area contributed by atoms with Crippen molar-refractivity contribution in [1.82, 2.24) is 20.2 Å². The van der Waals surface area contributed by atoms with Crippen molar-refractivity contribution < 1.29 is 14.7 Å². The van der Waals surface area contributed by atoms with Crippen LogP contribution in [0, 0.1) is 6.92 Å². The van der Waals surface area contributed by atoms with Gasteiger partial charge in [0.2, 0.25) is 0 Å². The number of urea groups is 1. The molecule has 1 atom stereocenters. The Labute approximate surface area is 110 Å². The summed E-state index contributed by atoms with van der Waals surface area (Å²) in [6.45, 7) is 2.52. The van der Waals surface area contributed by atoms with E-state index in [1.807, 2.05) is 0 Å². The van der Waals surface area contributed by atoms with Crippen LogP contribution in [-0.4, -0.2) is 44.6 Å². The Kier molecular flexibility index (Phi) is 3.94. The van der Waals surface area contributed by atoms with Gasteiger partial charge in [-0.3, -0.25) is 0 Å². The summed E-state index contributed by atoms with van der Waals surface area (Å²) in [5, 5.41) is 11.7. The Bertz CT molecular complexity index is 492. The third-order valence-electron chi connectivity index (χ3n) is 3.05. The van der Waals surface area contributed by atoms with Crippen LogP contribution in [0.3, 0.4) is 0 Å². The lowest BCUT2D eigenvalue weighted by molar-refractivity contribution is -0.141. The molecule has 1 aromatic rings. The number of hydrogen-bond acceptors (Lipinski definition) is 4. The highest BCUT2D eigenvalue weighted by molar-refractivity contribution is 5.83. The van der Waals surface area contributed by atoms with Crippen LogP contribution in [-0.2, 0) is 11.3 Å². The van der Waals surface area contributed by atoms with Gasteiger partial charge >= 0.3 is 12.0 Å². The minimum Gasteiger partial charge on any atom is -0.480 e. The fourth-order valence-electron chi connectivity index (χ4n) is 2.14. The number of likely N-dealkylation sites (tertiary alicyclic amines) is 1. The standard InChI is InChI=1S/C12H16N4O3/c1-8-13-5-4-9(15-8)7-14-12(19)16-6-2-3-10(16)11(17)18/h4-5,10H,2-3,6-7H2,1H3,(H,14,19)(H,17,18)/t10-/m0/s1. The largest absolute Gasteiger partial charge is 0.480 e. The van der Waals surface area contributed by atoms with Crippen LogP contribution in [0.2, 0.25) is 0 Å². The van der Waals surface area contributed by atoms with Gasteiger partial charge in [0.15, 0.2) is 0 Å². The molecule has 0 bridgehead atoms. The molecule has 2 heterocycles. The molecule has 2 amide bonds. The van der Waals surface area contributed by atoms with Crippen LogP contribution in [0.15, 0.2) is 12.3 Å². The van der Waals surface area contributed by atoms with E-state index in [2.05, 4.69) is 15.3 Å². The maximum atomic E-state index is 11.9. The van der Waals surface area contributed by atoms with E-state index in [1.54, 1.807) is 19.2 Å².